The van der Waals surface area contributed by atoms with Gasteiger partial charge in [-0.25, -0.2) is 0 Å². The second-order valence-electron chi connectivity index (χ2n) is 2.67. The van der Waals surface area contributed by atoms with E-state index in [1.54, 1.807) is 12.1 Å². The Kier molecular flexibility index (Phi) is 6.14. The summed E-state index contributed by atoms with van der Waals surface area (Å²) in [6.45, 7) is 0. The van der Waals surface area contributed by atoms with Gasteiger partial charge in [-0.3, -0.25) is 0 Å². The first-order valence-corrected chi connectivity index (χ1v) is 3.63. The van der Waals surface area contributed by atoms with Crippen molar-refractivity contribution in [2.45, 2.75) is 0 Å². The maximum Gasteiger partial charge on any atom is 1.00 e. The first-order valence-electron chi connectivity index (χ1n) is 3.63. The third-order valence-corrected chi connectivity index (χ3v) is 1.78. The van der Waals surface area contributed by atoms with Gasteiger partial charge in [-0.1, -0.05) is 36.4 Å². The normalized spacial score (nSPS) is 8.86. The minimum absolute atomic E-state index is 0. The van der Waals surface area contributed by atoms with E-state index in [2.05, 4.69) is 0 Å². The summed E-state index contributed by atoms with van der Waals surface area (Å²) in [7, 11) is 0. The zero-order valence-electron chi connectivity index (χ0n) is 8.28. The fourth-order valence-electron chi connectivity index (χ4n) is 1.20. The molecule has 0 bridgehead atoms. The molecule has 0 radical (unpaired) electrons. The molecule has 0 fully saturated rings. The van der Waals surface area contributed by atoms with Crippen LogP contribution in [0.25, 0.3) is 10.8 Å². The van der Waals surface area contributed by atoms with Gasteiger partial charge in [-0.2, -0.15) is 0 Å². The molecule has 2 nitrogen and oxygen atoms in total. The first-order chi connectivity index (χ1) is 5.75. The van der Waals surface area contributed by atoms with Crippen LogP contribution in [0.1, 0.15) is 0 Å². The average Bonchev–Trinajstić information content (AvgIpc) is 2.05. The monoisotopic (exact) mass is 204 g/mol. The first kappa shape index (κ1) is 14.3. The third-order valence-electron chi connectivity index (χ3n) is 1.78. The molecular weight excluding hydrogens is 198 g/mol. The molecule has 2 aromatic carbocycles. The Bertz CT molecular complexity index is 388. The van der Waals surface area contributed by atoms with Crippen LogP contribution in [0.5, 0.6) is 11.5 Å². The van der Waals surface area contributed by atoms with Crippen LogP contribution >= 0.6 is 0 Å². The van der Waals surface area contributed by atoms with E-state index in [1.807, 2.05) is 0 Å². The standard InChI is InChI=1S/C10H8O2.2Na/c11-9-3-1-7-5-10(12)4-2-8(7)6-9;;/h1-6,11-12H;;/q;2*+1/p-2. The topological polar surface area (TPSA) is 46.1 Å². The fraction of sp³-hybridized carbons (Fsp3) is 0. The van der Waals surface area contributed by atoms with Gasteiger partial charge in [0.15, 0.2) is 0 Å². The van der Waals surface area contributed by atoms with E-state index in [1.165, 1.54) is 24.3 Å². The molecule has 0 saturated carbocycles. The van der Waals surface area contributed by atoms with Gasteiger partial charge in [0.05, 0.1) is 0 Å². The molecule has 2 aromatic rings. The zero-order chi connectivity index (χ0) is 8.55. The van der Waals surface area contributed by atoms with Crippen molar-refractivity contribution in [3.05, 3.63) is 36.4 Å². The van der Waals surface area contributed by atoms with Crippen LogP contribution in [0, 0.1) is 0 Å². The van der Waals surface area contributed by atoms with Gasteiger partial charge in [0, 0.05) is 0 Å². The molecule has 0 amide bonds. The molecular formula is C10H6Na2O2. The molecule has 60 valence electrons. The van der Waals surface area contributed by atoms with Crippen LogP contribution in [-0.2, 0) is 0 Å². The third kappa shape index (κ3) is 3.16. The second kappa shape index (κ2) is 6.01. The van der Waals surface area contributed by atoms with Crippen molar-refractivity contribution in [3.63, 3.8) is 0 Å². The van der Waals surface area contributed by atoms with Gasteiger partial charge < -0.3 is 10.2 Å². The van der Waals surface area contributed by atoms with E-state index >= 15 is 0 Å². The predicted octanol–water partition coefficient (Wildman–Crippen LogP) is -5.00. The molecule has 0 aliphatic rings. The molecule has 0 aliphatic heterocycles. The Balaban J connectivity index is 0.000000845. The average molecular weight is 204 g/mol. The van der Waals surface area contributed by atoms with Crippen molar-refractivity contribution in [1.29, 1.82) is 0 Å². The second-order valence-corrected chi connectivity index (χ2v) is 2.67. The van der Waals surface area contributed by atoms with Gasteiger partial charge in [-0.05, 0) is 10.8 Å². The van der Waals surface area contributed by atoms with Gasteiger partial charge in [-0.15, -0.1) is 11.5 Å². The zero-order valence-corrected chi connectivity index (χ0v) is 12.3. The van der Waals surface area contributed by atoms with Gasteiger partial charge in [0.25, 0.3) is 0 Å². The minimum atomic E-state index is -0.0267. The summed E-state index contributed by atoms with van der Waals surface area (Å²) >= 11 is 0. The fourth-order valence-corrected chi connectivity index (χ4v) is 1.20. The molecule has 0 spiro atoms. The summed E-state index contributed by atoms with van der Waals surface area (Å²) in [4.78, 5) is 0. The maximum atomic E-state index is 10.9. The van der Waals surface area contributed by atoms with E-state index < -0.39 is 0 Å². The van der Waals surface area contributed by atoms with Crippen LogP contribution in [0.15, 0.2) is 36.4 Å². The number of hydrogen-bond donors (Lipinski definition) is 0. The predicted molar refractivity (Wildman–Crippen MR) is 42.8 cm³/mol. The van der Waals surface area contributed by atoms with Crippen LogP contribution in [0.2, 0.25) is 0 Å². The largest absolute Gasteiger partial charge is 1.00 e. The number of fused-ring (bicyclic) bond motifs is 1. The van der Waals surface area contributed by atoms with Crippen LogP contribution in [-0.4, -0.2) is 0 Å². The molecule has 2 rings (SSSR count). The Morgan fingerprint density at radius 2 is 1.00 bits per heavy atom. The molecule has 0 saturated heterocycles. The van der Waals surface area contributed by atoms with Crippen molar-refractivity contribution in [2.75, 3.05) is 0 Å². The van der Waals surface area contributed by atoms with E-state index in [4.69, 9.17) is 0 Å². The summed E-state index contributed by atoms with van der Waals surface area (Å²) in [6.07, 6.45) is 0. The number of benzene rings is 2. The molecule has 0 aromatic heterocycles. The van der Waals surface area contributed by atoms with Crippen LogP contribution in [0.3, 0.4) is 0 Å². The Morgan fingerprint density at radius 3 is 1.36 bits per heavy atom. The summed E-state index contributed by atoms with van der Waals surface area (Å²) in [6, 6.07) is 9.30. The van der Waals surface area contributed by atoms with E-state index in [0.29, 0.717) is 0 Å². The van der Waals surface area contributed by atoms with Crippen molar-refractivity contribution < 1.29 is 69.3 Å². The summed E-state index contributed by atoms with van der Waals surface area (Å²) in [5.74, 6) is -0.0534. The van der Waals surface area contributed by atoms with Gasteiger partial charge in [0.2, 0.25) is 0 Å². The van der Waals surface area contributed by atoms with Crippen LogP contribution < -0.4 is 69.3 Å². The molecule has 14 heavy (non-hydrogen) atoms. The molecule has 0 N–H and O–H groups in total. The van der Waals surface area contributed by atoms with Crippen molar-refractivity contribution in [2.24, 2.45) is 0 Å². The van der Waals surface area contributed by atoms with E-state index in [0.717, 1.165) is 10.8 Å². The van der Waals surface area contributed by atoms with Gasteiger partial charge >= 0.3 is 59.1 Å². The number of hydrogen-bond acceptors (Lipinski definition) is 2. The van der Waals surface area contributed by atoms with Crippen molar-refractivity contribution in [1.82, 2.24) is 0 Å². The van der Waals surface area contributed by atoms with Crippen LogP contribution in [0.4, 0.5) is 0 Å². The van der Waals surface area contributed by atoms with E-state index in [9.17, 15) is 10.2 Å². The van der Waals surface area contributed by atoms with Crippen molar-refractivity contribution in [3.8, 4) is 11.5 Å². The molecule has 0 unspecified atom stereocenters. The Labute approximate surface area is 127 Å². The quantitative estimate of drug-likeness (QED) is 0.403. The molecule has 0 atom stereocenters. The molecule has 0 aliphatic carbocycles. The summed E-state index contributed by atoms with van der Waals surface area (Å²) in [5.41, 5.74) is 0. The van der Waals surface area contributed by atoms with Gasteiger partial charge in [0.1, 0.15) is 0 Å². The maximum absolute atomic E-state index is 10.9. The SMILES string of the molecule is [Na+].[Na+].[O-]c1ccc2cc([O-])ccc2c1. The minimum Gasteiger partial charge on any atom is -0.872 e. The molecule has 4 heteroatoms. The summed E-state index contributed by atoms with van der Waals surface area (Å²) < 4.78 is 0. The Hall–Kier alpha value is 0.300. The molecule has 0 heterocycles. The van der Waals surface area contributed by atoms with E-state index in [-0.39, 0.29) is 70.6 Å². The smallest absolute Gasteiger partial charge is 0.872 e. The number of rotatable bonds is 0. The summed E-state index contributed by atoms with van der Waals surface area (Å²) in [5, 5.41) is 23.4. The Morgan fingerprint density at radius 1 is 0.643 bits per heavy atom. The van der Waals surface area contributed by atoms with Crippen molar-refractivity contribution >= 4 is 10.8 Å².